The molecular formula is C16H19F2N3OS. The highest BCUT2D eigenvalue weighted by molar-refractivity contribution is 7.07. The van der Waals surface area contributed by atoms with Crippen LogP contribution < -0.4 is 15.4 Å². The van der Waals surface area contributed by atoms with Crippen LogP contribution in [-0.2, 0) is 13.1 Å². The third-order valence-corrected chi connectivity index (χ3v) is 3.73. The van der Waals surface area contributed by atoms with Crippen molar-refractivity contribution in [3.8, 4) is 5.75 Å². The van der Waals surface area contributed by atoms with Gasteiger partial charge in [-0.05, 0) is 40.1 Å². The van der Waals surface area contributed by atoms with Gasteiger partial charge in [-0.1, -0.05) is 12.1 Å². The van der Waals surface area contributed by atoms with E-state index < -0.39 is 13.0 Å². The molecule has 1 aromatic heterocycles. The van der Waals surface area contributed by atoms with Crippen molar-refractivity contribution in [2.24, 2.45) is 4.99 Å². The summed E-state index contributed by atoms with van der Waals surface area (Å²) in [5.74, 6) is 1.11. The fraction of sp³-hybridized carbons (Fsp3) is 0.312. The number of hydrogen-bond acceptors (Lipinski definition) is 3. The minimum absolute atomic E-state index is 0.436. The van der Waals surface area contributed by atoms with Crippen LogP contribution in [0.2, 0.25) is 0 Å². The quantitative estimate of drug-likeness (QED) is 0.601. The molecule has 2 aromatic rings. The summed E-state index contributed by atoms with van der Waals surface area (Å²) in [6.07, 6.45) is -2.48. The molecule has 2 N–H and O–H groups in total. The van der Waals surface area contributed by atoms with Gasteiger partial charge < -0.3 is 15.4 Å². The van der Waals surface area contributed by atoms with Crippen LogP contribution in [0.25, 0.3) is 0 Å². The molecule has 1 aromatic carbocycles. The number of benzene rings is 1. The topological polar surface area (TPSA) is 45.7 Å². The molecule has 1 heterocycles. The Bertz CT molecular complexity index is 618. The third-order valence-electron chi connectivity index (χ3n) is 3.00. The van der Waals surface area contributed by atoms with Crippen molar-refractivity contribution in [2.75, 3.05) is 13.7 Å². The van der Waals surface area contributed by atoms with Crippen LogP contribution >= 0.6 is 11.3 Å². The number of nitrogens with zero attached hydrogens (tertiary/aromatic N) is 1. The molecule has 124 valence electrons. The van der Waals surface area contributed by atoms with Gasteiger partial charge >= 0.3 is 0 Å². The number of nitrogens with one attached hydrogen (secondary N) is 2. The van der Waals surface area contributed by atoms with Crippen LogP contribution in [0.5, 0.6) is 5.75 Å². The Morgan fingerprint density at radius 2 is 2.00 bits per heavy atom. The molecule has 0 amide bonds. The van der Waals surface area contributed by atoms with Gasteiger partial charge in [0, 0.05) is 20.1 Å². The van der Waals surface area contributed by atoms with Crippen molar-refractivity contribution in [1.29, 1.82) is 0 Å². The van der Waals surface area contributed by atoms with E-state index in [0.717, 1.165) is 5.56 Å². The minimum Gasteiger partial charge on any atom is -0.488 e. The zero-order chi connectivity index (χ0) is 16.5. The van der Waals surface area contributed by atoms with Crippen LogP contribution in [0.15, 0.2) is 46.1 Å². The van der Waals surface area contributed by atoms with Gasteiger partial charge in [0.2, 0.25) is 0 Å². The average molecular weight is 339 g/mol. The summed E-state index contributed by atoms with van der Waals surface area (Å²) in [5, 5.41) is 10.5. The molecule has 7 heteroatoms. The predicted octanol–water partition coefficient (Wildman–Crippen LogP) is 3.26. The first-order valence-corrected chi connectivity index (χ1v) is 8.07. The average Bonchev–Trinajstić information content (AvgIpc) is 3.07. The molecule has 0 aliphatic rings. The number of guanidine groups is 1. The number of alkyl halides is 2. The highest BCUT2D eigenvalue weighted by Crippen LogP contribution is 2.14. The summed E-state index contributed by atoms with van der Waals surface area (Å²) >= 11 is 1.65. The van der Waals surface area contributed by atoms with Gasteiger partial charge in [0.1, 0.15) is 12.4 Å². The zero-order valence-electron chi connectivity index (χ0n) is 12.8. The first-order valence-electron chi connectivity index (χ1n) is 7.13. The minimum atomic E-state index is -2.48. The molecule has 0 spiro atoms. The molecule has 0 aliphatic heterocycles. The predicted molar refractivity (Wildman–Crippen MR) is 89.3 cm³/mol. The maximum Gasteiger partial charge on any atom is 0.272 e. The summed E-state index contributed by atoms with van der Waals surface area (Å²) < 4.78 is 29.3. The van der Waals surface area contributed by atoms with Gasteiger partial charge in [0.15, 0.2) is 5.96 Å². The van der Waals surface area contributed by atoms with Crippen molar-refractivity contribution in [2.45, 2.75) is 19.5 Å². The molecule has 0 saturated carbocycles. The summed E-state index contributed by atoms with van der Waals surface area (Å²) in [6.45, 7) is 0.622. The molecule has 4 nitrogen and oxygen atoms in total. The number of ether oxygens (including phenoxy) is 1. The lowest BCUT2D eigenvalue weighted by Crippen LogP contribution is -2.36. The lowest BCUT2D eigenvalue weighted by Gasteiger charge is -2.12. The van der Waals surface area contributed by atoms with Crippen LogP contribution in [0.1, 0.15) is 11.1 Å². The van der Waals surface area contributed by atoms with E-state index in [1.165, 1.54) is 5.56 Å². The van der Waals surface area contributed by atoms with E-state index in [-0.39, 0.29) is 0 Å². The Kier molecular flexibility index (Phi) is 6.80. The van der Waals surface area contributed by atoms with Crippen molar-refractivity contribution in [3.63, 3.8) is 0 Å². The van der Waals surface area contributed by atoms with Gasteiger partial charge in [0.05, 0.1) is 0 Å². The van der Waals surface area contributed by atoms with Crippen molar-refractivity contribution >= 4 is 17.3 Å². The number of halogens is 2. The van der Waals surface area contributed by atoms with Gasteiger partial charge in [-0.15, -0.1) is 0 Å². The van der Waals surface area contributed by atoms with Crippen LogP contribution in [-0.4, -0.2) is 26.0 Å². The molecule has 0 radical (unpaired) electrons. The van der Waals surface area contributed by atoms with Crippen molar-refractivity contribution in [3.05, 3.63) is 52.2 Å². The molecule has 0 aliphatic carbocycles. The van der Waals surface area contributed by atoms with E-state index in [4.69, 9.17) is 4.74 Å². The van der Waals surface area contributed by atoms with E-state index in [1.807, 2.05) is 11.4 Å². The van der Waals surface area contributed by atoms with Crippen molar-refractivity contribution < 1.29 is 13.5 Å². The Hall–Kier alpha value is -2.15. The monoisotopic (exact) mass is 339 g/mol. The maximum absolute atomic E-state index is 12.2. The second-order valence-electron chi connectivity index (χ2n) is 4.76. The van der Waals surface area contributed by atoms with Crippen molar-refractivity contribution in [1.82, 2.24) is 10.6 Å². The molecule has 0 saturated heterocycles. The second-order valence-corrected chi connectivity index (χ2v) is 5.54. The molecule has 0 atom stereocenters. The SMILES string of the molecule is CN=C(NCc1ccsc1)NCc1cccc(OCC(F)F)c1. The van der Waals surface area contributed by atoms with E-state index in [0.29, 0.717) is 24.8 Å². The summed E-state index contributed by atoms with van der Waals surface area (Å²) in [6, 6.07) is 9.12. The molecule has 0 bridgehead atoms. The molecular weight excluding hydrogens is 320 g/mol. The zero-order valence-corrected chi connectivity index (χ0v) is 13.6. The van der Waals surface area contributed by atoms with Crippen LogP contribution in [0.4, 0.5) is 8.78 Å². The van der Waals surface area contributed by atoms with E-state index >= 15 is 0 Å². The molecule has 0 unspecified atom stereocenters. The van der Waals surface area contributed by atoms with Crippen LogP contribution in [0, 0.1) is 0 Å². The van der Waals surface area contributed by atoms with Gasteiger partial charge in [-0.3, -0.25) is 4.99 Å². The second kappa shape index (κ2) is 9.09. The van der Waals surface area contributed by atoms with E-state index in [9.17, 15) is 8.78 Å². The fourth-order valence-corrected chi connectivity index (χ4v) is 2.56. The molecule has 0 fully saturated rings. The Morgan fingerprint density at radius 3 is 2.65 bits per heavy atom. The largest absolute Gasteiger partial charge is 0.488 e. The fourth-order valence-electron chi connectivity index (χ4n) is 1.89. The number of thiophene rings is 1. The smallest absolute Gasteiger partial charge is 0.272 e. The number of aliphatic imine (C=N–C) groups is 1. The van der Waals surface area contributed by atoms with Gasteiger partial charge in [-0.25, -0.2) is 8.78 Å². The molecule has 23 heavy (non-hydrogen) atoms. The molecule has 2 rings (SSSR count). The number of rotatable bonds is 7. The Labute approximate surface area is 138 Å². The lowest BCUT2D eigenvalue weighted by molar-refractivity contribution is 0.0818. The van der Waals surface area contributed by atoms with E-state index in [2.05, 4.69) is 27.1 Å². The highest BCUT2D eigenvalue weighted by atomic mass is 32.1. The van der Waals surface area contributed by atoms with Crippen LogP contribution in [0.3, 0.4) is 0 Å². The first-order chi connectivity index (χ1) is 11.2. The standard InChI is InChI=1S/C16H19F2N3OS/c1-19-16(21-9-13-5-6-23-11-13)20-8-12-3-2-4-14(7-12)22-10-15(17)18/h2-7,11,15H,8-10H2,1H3,(H2,19,20,21). The van der Waals surface area contributed by atoms with E-state index in [1.54, 1.807) is 36.6 Å². The van der Waals surface area contributed by atoms with Gasteiger partial charge in [-0.2, -0.15) is 11.3 Å². The van der Waals surface area contributed by atoms with Gasteiger partial charge in [0.25, 0.3) is 6.43 Å². The third kappa shape index (κ3) is 6.23. The summed E-state index contributed by atoms with van der Waals surface area (Å²) in [7, 11) is 1.70. The summed E-state index contributed by atoms with van der Waals surface area (Å²) in [4.78, 5) is 4.15. The summed E-state index contributed by atoms with van der Waals surface area (Å²) in [5.41, 5.74) is 2.12. The Balaban J connectivity index is 1.82. The Morgan fingerprint density at radius 1 is 1.22 bits per heavy atom. The normalized spacial score (nSPS) is 11.6. The lowest BCUT2D eigenvalue weighted by atomic mass is 10.2. The highest BCUT2D eigenvalue weighted by Gasteiger charge is 2.04. The maximum atomic E-state index is 12.2. The number of hydrogen-bond donors (Lipinski definition) is 2. The first kappa shape index (κ1) is 17.2.